The number of hydrogen-bond donors (Lipinski definition) is 0. The van der Waals surface area contributed by atoms with Crippen LogP contribution in [0.4, 0.5) is 0 Å². The van der Waals surface area contributed by atoms with Crippen molar-refractivity contribution in [2.24, 2.45) is 21.7 Å². The zero-order valence-electron chi connectivity index (χ0n) is 33.5. The molecule has 0 spiro atoms. The van der Waals surface area contributed by atoms with Crippen LogP contribution in [0.1, 0.15) is 94.2 Å². The number of rotatable bonds is 13. The molecule has 1 saturated heterocycles. The van der Waals surface area contributed by atoms with Crippen LogP contribution in [0.2, 0.25) is 0 Å². The summed E-state index contributed by atoms with van der Waals surface area (Å²) in [5, 5.41) is 0. The predicted molar refractivity (Wildman–Crippen MR) is 198 cm³/mol. The molecule has 0 saturated carbocycles. The smallest absolute Gasteiger partial charge is 0.462 e. The lowest BCUT2D eigenvalue weighted by Gasteiger charge is -2.46. The van der Waals surface area contributed by atoms with Crippen LogP contribution in [0, 0.1) is 21.7 Å². The number of esters is 4. The largest absolute Gasteiger partial charge is 0.477 e. The average Bonchev–Trinajstić information content (AvgIpc) is 3.07. The molecule has 0 amide bonds. The van der Waals surface area contributed by atoms with Gasteiger partial charge in [-0.05, 0) is 94.2 Å². The zero-order valence-corrected chi connectivity index (χ0v) is 34.4. The summed E-state index contributed by atoms with van der Waals surface area (Å²) in [5.74, 6) is -2.86. The van der Waals surface area contributed by atoms with Crippen molar-refractivity contribution in [2.75, 3.05) is 6.61 Å². The van der Waals surface area contributed by atoms with E-state index in [1.807, 2.05) is 12.1 Å². The normalized spacial score (nSPS) is 21.1. The molecule has 300 valence electrons. The van der Waals surface area contributed by atoms with Crippen LogP contribution in [0.5, 0.6) is 0 Å². The van der Waals surface area contributed by atoms with Crippen LogP contribution < -0.4 is 0 Å². The Kier molecular flexibility index (Phi) is 14.8. The number of benzene rings is 2. The Bertz CT molecular complexity index is 1570. The third-order valence-electron chi connectivity index (χ3n) is 7.85. The zero-order chi connectivity index (χ0) is 40.7. The van der Waals surface area contributed by atoms with Crippen LogP contribution in [0.15, 0.2) is 60.7 Å². The number of phosphoric ester groups is 1. The molecule has 1 aliphatic rings. The van der Waals surface area contributed by atoms with Gasteiger partial charge in [0.05, 0.1) is 34.9 Å². The molecule has 0 N–H and O–H groups in total. The summed E-state index contributed by atoms with van der Waals surface area (Å²) >= 11 is 0. The molecule has 14 heteroatoms. The van der Waals surface area contributed by atoms with E-state index >= 15 is 0 Å². The highest BCUT2D eigenvalue weighted by Crippen LogP contribution is 2.54. The Morgan fingerprint density at radius 1 is 0.556 bits per heavy atom. The van der Waals surface area contributed by atoms with E-state index in [4.69, 9.17) is 37.3 Å². The predicted octanol–water partition coefficient (Wildman–Crippen LogP) is 7.73. The van der Waals surface area contributed by atoms with Gasteiger partial charge >= 0.3 is 31.7 Å². The van der Waals surface area contributed by atoms with E-state index in [2.05, 4.69) is 0 Å². The number of carbonyl (C=O) groups is 4. The lowest BCUT2D eigenvalue weighted by atomic mass is 9.93. The third kappa shape index (κ3) is 13.3. The van der Waals surface area contributed by atoms with Gasteiger partial charge in [0.2, 0.25) is 6.29 Å². The van der Waals surface area contributed by atoms with E-state index in [9.17, 15) is 23.7 Å². The van der Waals surface area contributed by atoms with E-state index in [-0.39, 0.29) is 13.2 Å². The molecule has 1 heterocycles. The first kappa shape index (κ1) is 44.8. The first-order valence-corrected chi connectivity index (χ1v) is 19.4. The standard InChI is InChI=1S/C40H57O13P/c1-37(2,3)33(41)46-25-28-29(50-34(42)38(4,5)6)30(51-35(43)39(7,8)9)31(52-36(44)40(10,11)12)32(49-28)53-54(45,47-23-26-19-15-13-16-20-26)48-24-27-21-17-14-18-22-27/h13-22,28-32H,23-25H2,1-12H3/t28-,29-,30+,31+,32-/m1/s1. The van der Waals surface area contributed by atoms with Gasteiger partial charge in [-0.1, -0.05) is 60.7 Å². The van der Waals surface area contributed by atoms with Crippen molar-refractivity contribution in [3.63, 3.8) is 0 Å². The Hall–Kier alpha value is -3.61. The van der Waals surface area contributed by atoms with Crippen molar-refractivity contribution in [3.8, 4) is 0 Å². The van der Waals surface area contributed by atoms with Crippen molar-refractivity contribution in [1.29, 1.82) is 0 Å². The van der Waals surface area contributed by atoms with Crippen LogP contribution in [-0.2, 0) is 74.2 Å². The van der Waals surface area contributed by atoms with Gasteiger partial charge in [-0.2, -0.15) is 0 Å². The molecule has 1 aliphatic heterocycles. The van der Waals surface area contributed by atoms with Gasteiger partial charge in [-0.3, -0.25) is 32.7 Å². The fourth-order valence-corrected chi connectivity index (χ4v) is 5.69. The fourth-order valence-electron chi connectivity index (χ4n) is 4.46. The summed E-state index contributed by atoms with van der Waals surface area (Å²) in [7, 11) is -4.67. The minimum absolute atomic E-state index is 0.215. The second kappa shape index (κ2) is 17.9. The number of carbonyl (C=O) groups excluding carboxylic acids is 4. The highest BCUT2D eigenvalue weighted by atomic mass is 31.2. The van der Waals surface area contributed by atoms with Gasteiger partial charge in [0.15, 0.2) is 18.3 Å². The fraction of sp³-hybridized carbons (Fsp3) is 0.600. The molecule has 2 aromatic rings. The summed E-state index contributed by atoms with van der Waals surface area (Å²) < 4.78 is 62.5. The van der Waals surface area contributed by atoms with Gasteiger partial charge in [-0.15, -0.1) is 0 Å². The molecule has 2 aromatic carbocycles. The van der Waals surface area contributed by atoms with Crippen molar-refractivity contribution in [3.05, 3.63) is 71.8 Å². The van der Waals surface area contributed by atoms with Crippen molar-refractivity contribution in [1.82, 2.24) is 0 Å². The van der Waals surface area contributed by atoms with Crippen molar-refractivity contribution in [2.45, 2.75) is 127 Å². The summed E-state index contributed by atoms with van der Waals surface area (Å²) in [6.45, 7) is 18.5. The lowest BCUT2D eigenvalue weighted by molar-refractivity contribution is -0.297. The monoisotopic (exact) mass is 776 g/mol. The molecule has 0 bridgehead atoms. The summed E-state index contributed by atoms with van der Waals surface area (Å²) in [6, 6.07) is 17.7. The molecule has 5 atom stereocenters. The number of hydrogen-bond acceptors (Lipinski definition) is 13. The lowest BCUT2D eigenvalue weighted by Crippen LogP contribution is -2.64. The van der Waals surface area contributed by atoms with Crippen molar-refractivity contribution < 1.29 is 61.0 Å². The minimum atomic E-state index is -4.67. The highest BCUT2D eigenvalue weighted by molar-refractivity contribution is 7.48. The molecule has 1 fully saturated rings. The first-order valence-electron chi connectivity index (χ1n) is 17.9. The van der Waals surface area contributed by atoms with E-state index < -0.39 is 90.7 Å². The Balaban J connectivity index is 2.20. The molecule has 3 rings (SSSR count). The Morgan fingerprint density at radius 3 is 1.31 bits per heavy atom. The van der Waals surface area contributed by atoms with Gasteiger partial charge < -0.3 is 23.7 Å². The molecular weight excluding hydrogens is 719 g/mol. The highest BCUT2D eigenvalue weighted by Gasteiger charge is 2.57. The minimum Gasteiger partial charge on any atom is -0.462 e. The molecule has 0 aliphatic carbocycles. The van der Waals surface area contributed by atoms with Crippen LogP contribution in [0.25, 0.3) is 0 Å². The second-order valence-corrected chi connectivity index (χ2v) is 18.9. The van der Waals surface area contributed by atoms with E-state index in [0.29, 0.717) is 11.1 Å². The SMILES string of the molecule is CC(C)(C)C(=O)OC[C@H]1O[C@H](OP(=O)(OCc2ccccc2)OCc2ccccc2)[C@@H](OC(=O)C(C)(C)C)[C@@H](OC(=O)C(C)(C)C)[C@@H]1OC(=O)C(C)(C)C. The maximum Gasteiger partial charge on any atom is 0.477 e. The molecule has 0 unspecified atom stereocenters. The quantitative estimate of drug-likeness (QED) is 0.111. The molecule has 0 radical (unpaired) electrons. The van der Waals surface area contributed by atoms with Gasteiger partial charge in [0, 0.05) is 0 Å². The summed E-state index contributed by atoms with van der Waals surface area (Å²) in [4.78, 5) is 53.7. The maximum atomic E-state index is 14.7. The Labute approximate surface area is 319 Å². The summed E-state index contributed by atoms with van der Waals surface area (Å²) in [5.41, 5.74) is -2.89. The van der Waals surface area contributed by atoms with Crippen molar-refractivity contribution >= 4 is 31.7 Å². The van der Waals surface area contributed by atoms with E-state index in [0.717, 1.165) is 0 Å². The molecule has 0 aromatic heterocycles. The van der Waals surface area contributed by atoms with Crippen LogP contribution >= 0.6 is 7.82 Å². The van der Waals surface area contributed by atoms with Crippen LogP contribution in [0.3, 0.4) is 0 Å². The summed E-state index contributed by atoms with van der Waals surface area (Å²) in [6.07, 6.45) is -8.07. The van der Waals surface area contributed by atoms with Gasteiger partial charge in [-0.25, -0.2) is 4.57 Å². The molecule has 54 heavy (non-hydrogen) atoms. The maximum absolute atomic E-state index is 14.7. The average molecular weight is 777 g/mol. The van der Waals surface area contributed by atoms with Gasteiger partial charge in [0.1, 0.15) is 12.7 Å². The van der Waals surface area contributed by atoms with E-state index in [1.54, 1.807) is 132 Å². The Morgan fingerprint density at radius 2 is 0.926 bits per heavy atom. The van der Waals surface area contributed by atoms with Gasteiger partial charge in [0.25, 0.3) is 0 Å². The topological polar surface area (TPSA) is 159 Å². The number of ether oxygens (including phenoxy) is 5. The number of phosphoric acid groups is 1. The molecular formula is C40H57O13P. The second-order valence-electron chi connectivity index (χ2n) is 17.3. The van der Waals surface area contributed by atoms with E-state index in [1.165, 1.54) is 0 Å². The molecule has 13 nitrogen and oxygen atoms in total. The van der Waals surface area contributed by atoms with Crippen LogP contribution in [-0.4, -0.2) is 61.2 Å². The first-order chi connectivity index (χ1) is 24.8. The third-order valence-corrected chi connectivity index (χ3v) is 9.20.